The van der Waals surface area contributed by atoms with Crippen molar-refractivity contribution in [1.82, 2.24) is 9.55 Å². The molecule has 0 aliphatic heterocycles. The van der Waals surface area contributed by atoms with Gasteiger partial charge in [0.1, 0.15) is 18.1 Å². The molecule has 0 saturated heterocycles. The predicted octanol–water partition coefficient (Wildman–Crippen LogP) is 4.74. The molecule has 0 atom stereocenters. The largest absolute Gasteiger partial charge is 0.459 e. The lowest BCUT2D eigenvalue weighted by molar-refractivity contribution is -0.291. The maximum Gasteiger partial charge on any atom is 0.459 e. The number of hydrogen-bond acceptors (Lipinski definition) is 3. The van der Waals surface area contributed by atoms with Crippen LogP contribution in [0.15, 0.2) is 23.3 Å². The minimum atomic E-state index is -6.03. The summed E-state index contributed by atoms with van der Waals surface area (Å²) >= 11 is 5.71. The van der Waals surface area contributed by atoms with E-state index in [1.165, 1.54) is 6.07 Å². The summed E-state index contributed by atoms with van der Waals surface area (Å²) in [5.41, 5.74) is -7.19. The van der Waals surface area contributed by atoms with Crippen LogP contribution in [0.5, 0.6) is 0 Å². The molecule has 0 aliphatic carbocycles. The fraction of sp³-hybridized carbons (Fsp3) is 0.267. The Morgan fingerprint density at radius 3 is 2.14 bits per heavy atom. The normalized spacial score (nSPS) is 12.8. The first-order chi connectivity index (χ1) is 12.6. The van der Waals surface area contributed by atoms with Gasteiger partial charge in [-0.3, -0.25) is 9.36 Å². The van der Waals surface area contributed by atoms with Gasteiger partial charge in [0.2, 0.25) is 0 Å². The minimum Gasteiger partial charge on any atom is -0.269 e. The van der Waals surface area contributed by atoms with Gasteiger partial charge in [0, 0.05) is 5.56 Å². The summed E-state index contributed by atoms with van der Waals surface area (Å²) in [5.74, 6) is -5.45. The van der Waals surface area contributed by atoms with Gasteiger partial charge in [0.25, 0.3) is 5.56 Å². The van der Waals surface area contributed by atoms with Crippen LogP contribution in [-0.2, 0) is 12.1 Å². The molecule has 0 fully saturated rings. The van der Waals surface area contributed by atoms with Gasteiger partial charge < -0.3 is 0 Å². The number of alkyl halides is 8. The van der Waals surface area contributed by atoms with Crippen molar-refractivity contribution in [2.75, 3.05) is 0 Å². The van der Waals surface area contributed by atoms with E-state index in [9.17, 15) is 39.9 Å². The van der Waals surface area contributed by atoms with E-state index in [2.05, 4.69) is 4.98 Å². The molecule has 0 radical (unpaired) electrons. The van der Waals surface area contributed by atoms with Crippen molar-refractivity contribution in [3.8, 4) is 11.8 Å². The zero-order chi connectivity index (χ0) is 21.7. The van der Waals surface area contributed by atoms with Gasteiger partial charge in [-0.2, -0.15) is 40.4 Å². The van der Waals surface area contributed by atoms with E-state index in [-0.39, 0.29) is 6.33 Å². The minimum absolute atomic E-state index is 0.236. The topological polar surface area (TPSA) is 58.7 Å². The van der Waals surface area contributed by atoms with Crippen LogP contribution in [0.2, 0.25) is 5.02 Å². The number of benzene rings is 1. The van der Waals surface area contributed by atoms with E-state index in [0.717, 1.165) is 0 Å². The second kappa shape index (κ2) is 6.73. The Bertz CT molecular complexity index is 1030. The smallest absolute Gasteiger partial charge is 0.269 e. The number of nitrogens with zero attached hydrogens (tertiary/aromatic N) is 3. The molecular weight excluding hydrogens is 426 g/mol. The van der Waals surface area contributed by atoms with Crippen LogP contribution in [0.25, 0.3) is 5.69 Å². The fourth-order valence-electron chi connectivity index (χ4n) is 2.25. The second-order valence-corrected chi connectivity index (χ2v) is 5.84. The summed E-state index contributed by atoms with van der Waals surface area (Å²) < 4.78 is 103. The Kier molecular flexibility index (Phi) is 5.20. The maximum absolute atomic E-state index is 13.5. The third-order valence-corrected chi connectivity index (χ3v) is 3.89. The molecule has 4 nitrogen and oxygen atoms in total. The molecule has 13 heteroatoms. The van der Waals surface area contributed by atoms with Gasteiger partial charge in [-0.1, -0.05) is 11.6 Å². The molecule has 0 amide bonds. The van der Waals surface area contributed by atoms with Gasteiger partial charge in [-0.05, 0) is 19.1 Å². The number of hydrogen-bond donors (Lipinski definition) is 0. The van der Waals surface area contributed by atoms with Crippen molar-refractivity contribution in [3.63, 3.8) is 0 Å². The zero-order valence-electron chi connectivity index (χ0n) is 13.4. The van der Waals surface area contributed by atoms with Crippen molar-refractivity contribution in [2.45, 2.75) is 25.2 Å². The monoisotopic (exact) mass is 431 g/mol. The Labute approximate surface area is 155 Å². The molecule has 0 spiro atoms. The van der Waals surface area contributed by atoms with Crippen molar-refractivity contribution < 1.29 is 35.1 Å². The molecular formula is C15H6ClF8N3O. The summed E-state index contributed by atoms with van der Waals surface area (Å²) in [6, 6.07) is 2.08. The standard InChI is InChI=1S/C15H6ClF8N3O/c1-6-11(13(17,18)15(22,23)24)26-5-27(12(6)28)10-7(4-25)2-8(3-9(10)16)14(19,20)21/h2-3,5H,1H3. The van der Waals surface area contributed by atoms with E-state index in [4.69, 9.17) is 16.9 Å². The molecule has 0 unspecified atom stereocenters. The zero-order valence-corrected chi connectivity index (χ0v) is 14.1. The highest BCUT2D eigenvalue weighted by Gasteiger charge is 2.60. The Balaban J connectivity index is 2.78. The van der Waals surface area contributed by atoms with Crippen molar-refractivity contribution >= 4 is 11.6 Å². The highest BCUT2D eigenvalue weighted by atomic mass is 35.5. The maximum atomic E-state index is 13.5. The lowest BCUT2D eigenvalue weighted by Crippen LogP contribution is -2.38. The number of rotatable bonds is 2. The average Bonchev–Trinajstić information content (AvgIpc) is 2.55. The van der Waals surface area contributed by atoms with Gasteiger partial charge in [0.05, 0.1) is 21.8 Å². The number of halogens is 9. The first-order valence-corrected chi connectivity index (χ1v) is 7.35. The molecule has 0 saturated carbocycles. The highest BCUT2D eigenvalue weighted by Crippen LogP contribution is 2.43. The van der Waals surface area contributed by atoms with Crippen molar-refractivity contribution in [2.24, 2.45) is 0 Å². The molecule has 0 aliphatic rings. The van der Waals surface area contributed by atoms with Crippen LogP contribution < -0.4 is 5.56 Å². The SMILES string of the molecule is Cc1c(C(F)(F)C(F)(F)F)ncn(-c2c(Cl)cc(C(F)(F)F)cc2C#N)c1=O. The summed E-state index contributed by atoms with van der Waals surface area (Å²) in [6.07, 6.45) is -10.7. The lowest BCUT2D eigenvalue weighted by Gasteiger charge is -2.21. The van der Waals surface area contributed by atoms with E-state index < -0.39 is 56.9 Å². The summed E-state index contributed by atoms with van der Waals surface area (Å²) in [7, 11) is 0. The molecule has 28 heavy (non-hydrogen) atoms. The van der Waals surface area contributed by atoms with E-state index in [1.54, 1.807) is 0 Å². The summed E-state index contributed by atoms with van der Waals surface area (Å²) in [4.78, 5) is 15.2. The number of nitriles is 1. The summed E-state index contributed by atoms with van der Waals surface area (Å²) in [5, 5.41) is 8.31. The van der Waals surface area contributed by atoms with Gasteiger partial charge in [0.15, 0.2) is 0 Å². The van der Waals surface area contributed by atoms with Gasteiger partial charge in [-0.15, -0.1) is 0 Å². The third kappa shape index (κ3) is 3.54. The van der Waals surface area contributed by atoms with Crippen LogP contribution in [0.1, 0.15) is 22.4 Å². The Morgan fingerprint density at radius 2 is 1.68 bits per heavy atom. The van der Waals surface area contributed by atoms with E-state index in [0.29, 0.717) is 23.6 Å². The van der Waals surface area contributed by atoms with Crippen LogP contribution in [-0.4, -0.2) is 15.7 Å². The van der Waals surface area contributed by atoms with Crippen molar-refractivity contribution in [1.29, 1.82) is 5.26 Å². The van der Waals surface area contributed by atoms with E-state index >= 15 is 0 Å². The molecule has 1 heterocycles. The predicted molar refractivity (Wildman–Crippen MR) is 79.2 cm³/mol. The first-order valence-electron chi connectivity index (χ1n) is 6.97. The lowest BCUT2D eigenvalue weighted by atomic mass is 10.1. The molecule has 2 aromatic rings. The van der Waals surface area contributed by atoms with Crippen molar-refractivity contribution in [3.05, 3.63) is 56.2 Å². The van der Waals surface area contributed by atoms with Gasteiger partial charge >= 0.3 is 18.3 Å². The van der Waals surface area contributed by atoms with Gasteiger partial charge in [-0.25, -0.2) is 4.98 Å². The number of aromatic nitrogens is 2. The fourth-order valence-corrected chi connectivity index (χ4v) is 2.56. The Hall–Kier alpha value is -2.68. The molecule has 2 rings (SSSR count). The molecule has 150 valence electrons. The molecule has 1 aromatic heterocycles. The Morgan fingerprint density at radius 1 is 1.11 bits per heavy atom. The van der Waals surface area contributed by atoms with Crippen LogP contribution >= 0.6 is 11.6 Å². The highest BCUT2D eigenvalue weighted by molar-refractivity contribution is 6.32. The molecule has 1 aromatic carbocycles. The molecule has 0 bridgehead atoms. The van der Waals surface area contributed by atoms with Crippen LogP contribution in [0.3, 0.4) is 0 Å². The third-order valence-electron chi connectivity index (χ3n) is 3.60. The first kappa shape index (κ1) is 21.6. The second-order valence-electron chi connectivity index (χ2n) is 5.43. The van der Waals surface area contributed by atoms with Crippen LogP contribution in [0.4, 0.5) is 35.1 Å². The quantitative estimate of drug-likeness (QED) is 0.645. The van der Waals surface area contributed by atoms with E-state index in [1.807, 2.05) is 0 Å². The molecule has 0 N–H and O–H groups in total. The average molecular weight is 432 g/mol. The van der Waals surface area contributed by atoms with Crippen LogP contribution in [0, 0.1) is 18.3 Å². The summed E-state index contributed by atoms with van der Waals surface area (Å²) in [6.45, 7) is 0.630.